The van der Waals surface area contributed by atoms with E-state index in [1.165, 1.54) is 21.8 Å². The molecule has 0 N–H and O–H groups in total. The van der Waals surface area contributed by atoms with Crippen LogP contribution in [0.4, 0.5) is 0 Å². The molecule has 4 nitrogen and oxygen atoms in total. The fourth-order valence-corrected chi connectivity index (χ4v) is 6.84. The van der Waals surface area contributed by atoms with Gasteiger partial charge < -0.3 is 9.13 Å². The summed E-state index contributed by atoms with van der Waals surface area (Å²) >= 11 is 0. The van der Waals surface area contributed by atoms with Gasteiger partial charge in [0.2, 0.25) is 0 Å². The van der Waals surface area contributed by atoms with Crippen LogP contribution in [0.2, 0.25) is 0 Å². The van der Waals surface area contributed by atoms with E-state index in [-0.39, 0.29) is 5.92 Å². The van der Waals surface area contributed by atoms with Crippen molar-refractivity contribution in [3.05, 3.63) is 138 Å². The summed E-state index contributed by atoms with van der Waals surface area (Å²) in [6, 6.07) is 45.1. The van der Waals surface area contributed by atoms with E-state index in [9.17, 15) is 10.5 Å². The molecule has 0 saturated heterocycles. The van der Waals surface area contributed by atoms with Crippen LogP contribution in [0.15, 0.2) is 121 Å². The van der Waals surface area contributed by atoms with Crippen molar-refractivity contribution in [2.75, 3.05) is 0 Å². The Balaban J connectivity index is 1.43. The van der Waals surface area contributed by atoms with Crippen molar-refractivity contribution in [1.29, 1.82) is 10.5 Å². The minimum absolute atomic E-state index is 0.103. The van der Waals surface area contributed by atoms with Crippen molar-refractivity contribution in [3.63, 3.8) is 0 Å². The Labute approximate surface area is 249 Å². The van der Waals surface area contributed by atoms with Gasteiger partial charge in [-0.1, -0.05) is 78.9 Å². The molecule has 0 radical (unpaired) electrons. The zero-order valence-corrected chi connectivity index (χ0v) is 23.4. The van der Waals surface area contributed by atoms with E-state index in [4.69, 9.17) is 0 Å². The molecule has 5 aromatic carbocycles. The number of nitrogens with zero attached hydrogens (tertiary/aromatic N) is 4. The van der Waals surface area contributed by atoms with Crippen LogP contribution in [-0.2, 0) is 6.42 Å². The molecule has 4 heteroatoms. The van der Waals surface area contributed by atoms with Crippen molar-refractivity contribution in [3.8, 4) is 34.6 Å². The first-order chi connectivity index (χ1) is 21.3. The first-order valence-corrected chi connectivity index (χ1v) is 14.6. The van der Waals surface area contributed by atoms with Gasteiger partial charge in [0, 0.05) is 33.0 Å². The molecule has 0 aliphatic heterocycles. The Bertz CT molecular complexity index is 2280. The van der Waals surface area contributed by atoms with Gasteiger partial charge in [-0.05, 0) is 66.9 Å². The smallest absolute Gasteiger partial charge is 0.0991 e. The molecule has 0 amide bonds. The molecule has 0 bridgehead atoms. The molecule has 2 aromatic heterocycles. The Morgan fingerprint density at radius 1 is 0.605 bits per heavy atom. The van der Waals surface area contributed by atoms with Crippen molar-refractivity contribution >= 4 is 38.8 Å². The second kappa shape index (κ2) is 9.91. The van der Waals surface area contributed by atoms with Gasteiger partial charge in [0.05, 0.1) is 51.5 Å². The number of hydrogen-bond donors (Lipinski definition) is 0. The predicted octanol–water partition coefficient (Wildman–Crippen LogP) is 9.37. The van der Waals surface area contributed by atoms with Crippen molar-refractivity contribution in [2.24, 2.45) is 5.92 Å². The van der Waals surface area contributed by atoms with E-state index in [1.807, 2.05) is 18.2 Å². The third kappa shape index (κ3) is 3.82. The van der Waals surface area contributed by atoms with Gasteiger partial charge in [-0.25, -0.2) is 0 Å². The largest absolute Gasteiger partial charge is 0.309 e. The predicted molar refractivity (Wildman–Crippen MR) is 174 cm³/mol. The number of benzene rings is 5. The second-order valence-electron chi connectivity index (χ2n) is 11.1. The van der Waals surface area contributed by atoms with Gasteiger partial charge in [0.25, 0.3) is 0 Å². The number of hydrogen-bond acceptors (Lipinski definition) is 2. The Morgan fingerprint density at radius 3 is 1.84 bits per heavy atom. The average molecular weight is 551 g/mol. The number of para-hydroxylation sites is 4. The lowest BCUT2D eigenvalue weighted by Crippen LogP contribution is -2.03. The van der Waals surface area contributed by atoms with E-state index in [0.29, 0.717) is 18.4 Å². The van der Waals surface area contributed by atoms with Crippen LogP contribution in [0, 0.1) is 28.6 Å². The lowest BCUT2D eigenvalue weighted by molar-refractivity contribution is 0.681. The molecule has 0 saturated carbocycles. The third-order valence-electron chi connectivity index (χ3n) is 8.73. The van der Waals surface area contributed by atoms with E-state index in [1.54, 1.807) is 0 Å². The van der Waals surface area contributed by atoms with E-state index < -0.39 is 0 Å². The number of nitriles is 2. The highest BCUT2D eigenvalue weighted by Crippen LogP contribution is 2.41. The zero-order chi connectivity index (χ0) is 28.9. The Kier molecular flexibility index (Phi) is 5.74. The lowest BCUT2D eigenvalue weighted by atomic mass is 9.97. The standard InChI is InChI=1S/C39H26N4/c40-24-26-10-9-19-38-32(22-26)33-23-27(25-41)20-21-39(33)43(38)37-18-8-4-14-31(37)30-13-3-7-17-36(30)42-34-15-5-1-11-28(34)29-12-2-6-16-35(29)42/h1-9,11-21,23,26H,10,22H2/t26-/m0/s1. The van der Waals surface area contributed by atoms with E-state index in [0.717, 1.165) is 44.7 Å². The zero-order valence-electron chi connectivity index (χ0n) is 23.4. The number of fused-ring (bicyclic) bond motifs is 6. The van der Waals surface area contributed by atoms with Gasteiger partial charge in [-0.15, -0.1) is 0 Å². The maximum atomic E-state index is 9.86. The topological polar surface area (TPSA) is 57.4 Å². The van der Waals surface area contributed by atoms with Gasteiger partial charge >= 0.3 is 0 Å². The molecular formula is C39H26N4. The summed E-state index contributed by atoms with van der Waals surface area (Å²) in [7, 11) is 0. The highest BCUT2D eigenvalue weighted by molar-refractivity contribution is 6.09. The first-order valence-electron chi connectivity index (χ1n) is 14.6. The minimum Gasteiger partial charge on any atom is -0.309 e. The molecule has 0 spiro atoms. The number of rotatable bonds is 3. The average Bonchev–Trinajstić information content (AvgIpc) is 3.46. The second-order valence-corrected chi connectivity index (χ2v) is 11.1. The van der Waals surface area contributed by atoms with Crippen molar-refractivity contribution in [1.82, 2.24) is 9.13 Å². The molecule has 1 atom stereocenters. The summed E-state index contributed by atoms with van der Waals surface area (Å²) < 4.78 is 4.70. The molecule has 0 fully saturated rings. The number of aromatic nitrogens is 2. The molecule has 1 aliphatic rings. The van der Waals surface area contributed by atoms with Gasteiger partial charge in [0.15, 0.2) is 0 Å². The maximum absolute atomic E-state index is 9.86. The molecular weight excluding hydrogens is 524 g/mol. The molecule has 0 unspecified atom stereocenters. The normalized spacial score (nSPS) is 14.4. The summed E-state index contributed by atoms with van der Waals surface area (Å²) in [4.78, 5) is 0. The molecule has 43 heavy (non-hydrogen) atoms. The maximum Gasteiger partial charge on any atom is 0.0991 e. The molecule has 7 aromatic rings. The van der Waals surface area contributed by atoms with Gasteiger partial charge in [-0.3, -0.25) is 0 Å². The van der Waals surface area contributed by atoms with Crippen LogP contribution in [0.25, 0.3) is 61.3 Å². The van der Waals surface area contributed by atoms with E-state index >= 15 is 0 Å². The van der Waals surface area contributed by atoms with Crippen LogP contribution in [0.3, 0.4) is 0 Å². The van der Waals surface area contributed by atoms with Crippen LogP contribution in [0.5, 0.6) is 0 Å². The molecule has 2 heterocycles. The van der Waals surface area contributed by atoms with Crippen LogP contribution in [-0.4, -0.2) is 9.13 Å². The summed E-state index contributed by atoms with van der Waals surface area (Å²) in [6.07, 6.45) is 5.64. The van der Waals surface area contributed by atoms with Crippen LogP contribution >= 0.6 is 0 Å². The highest BCUT2D eigenvalue weighted by atomic mass is 15.0. The lowest BCUT2D eigenvalue weighted by Gasteiger charge is -2.19. The fraction of sp³-hybridized carbons (Fsp3) is 0.0769. The highest BCUT2D eigenvalue weighted by Gasteiger charge is 2.24. The summed E-state index contributed by atoms with van der Waals surface area (Å²) in [6.45, 7) is 0. The van der Waals surface area contributed by atoms with Crippen molar-refractivity contribution in [2.45, 2.75) is 12.8 Å². The van der Waals surface area contributed by atoms with E-state index in [2.05, 4.69) is 130 Å². The SMILES string of the molecule is N#Cc1ccc2c(c1)c1c(n2-c2ccccc2-c2ccccc2-n2c3ccccc3c3ccccc32)C=CC[C@H](C#N)C1. The molecule has 202 valence electrons. The number of allylic oxidation sites excluding steroid dienone is 1. The quantitative estimate of drug-likeness (QED) is 0.220. The Morgan fingerprint density at radius 2 is 1.19 bits per heavy atom. The fourth-order valence-electron chi connectivity index (χ4n) is 6.84. The molecule has 1 aliphatic carbocycles. The summed E-state index contributed by atoms with van der Waals surface area (Å²) in [5, 5.41) is 23.1. The monoisotopic (exact) mass is 550 g/mol. The first kappa shape index (κ1) is 24.9. The van der Waals surface area contributed by atoms with Crippen LogP contribution in [0.1, 0.15) is 23.2 Å². The van der Waals surface area contributed by atoms with Gasteiger partial charge in [-0.2, -0.15) is 10.5 Å². The third-order valence-corrected chi connectivity index (χ3v) is 8.73. The molecule has 8 rings (SSSR count). The van der Waals surface area contributed by atoms with Crippen LogP contribution < -0.4 is 0 Å². The van der Waals surface area contributed by atoms with Gasteiger partial charge in [0.1, 0.15) is 0 Å². The minimum atomic E-state index is -0.103. The van der Waals surface area contributed by atoms with Crippen molar-refractivity contribution < 1.29 is 0 Å². The summed E-state index contributed by atoms with van der Waals surface area (Å²) in [5.74, 6) is -0.103. The summed E-state index contributed by atoms with van der Waals surface area (Å²) in [5.41, 5.74) is 10.6. The Hall–Kier alpha value is -5.84.